The minimum atomic E-state index is -0.669. The minimum absolute atomic E-state index is 0.197. The van der Waals surface area contributed by atoms with Gasteiger partial charge in [0.25, 0.3) is 0 Å². The summed E-state index contributed by atoms with van der Waals surface area (Å²) in [6.07, 6.45) is 0. The summed E-state index contributed by atoms with van der Waals surface area (Å²) >= 11 is 6.00. The summed E-state index contributed by atoms with van der Waals surface area (Å²) in [4.78, 5) is 12.1. The Morgan fingerprint density at radius 2 is 1.89 bits per heavy atom. The predicted molar refractivity (Wildman–Crippen MR) is 76.0 cm³/mol. The van der Waals surface area contributed by atoms with Gasteiger partial charge in [0.1, 0.15) is 11.5 Å². The van der Waals surface area contributed by atoms with Crippen molar-refractivity contribution in [3.05, 3.63) is 17.2 Å². The molecule has 5 nitrogen and oxygen atoms in total. The topological polar surface area (TPSA) is 73.6 Å². The van der Waals surface area contributed by atoms with Gasteiger partial charge in [0.05, 0.1) is 30.3 Å². The smallest absolute Gasteiger partial charge is 0.231 e. The molecule has 19 heavy (non-hydrogen) atoms. The van der Waals surface area contributed by atoms with E-state index in [2.05, 4.69) is 5.32 Å². The second-order valence-corrected chi connectivity index (χ2v) is 5.14. The largest absolute Gasteiger partial charge is 0.495 e. The zero-order valence-corrected chi connectivity index (χ0v) is 12.3. The molecule has 0 aliphatic heterocycles. The van der Waals surface area contributed by atoms with Crippen LogP contribution in [0.2, 0.25) is 5.02 Å². The van der Waals surface area contributed by atoms with Gasteiger partial charge in [-0.25, -0.2) is 0 Å². The first-order valence-corrected chi connectivity index (χ1v) is 6.16. The van der Waals surface area contributed by atoms with Crippen LogP contribution in [0.5, 0.6) is 11.5 Å². The quantitative estimate of drug-likeness (QED) is 0.871. The number of anilines is 1. The van der Waals surface area contributed by atoms with Gasteiger partial charge in [0.2, 0.25) is 5.91 Å². The summed E-state index contributed by atoms with van der Waals surface area (Å²) in [6, 6.07) is 3.21. The van der Waals surface area contributed by atoms with Crippen LogP contribution in [-0.2, 0) is 4.79 Å². The number of benzene rings is 1. The fourth-order valence-electron chi connectivity index (χ4n) is 1.34. The zero-order chi connectivity index (χ0) is 14.6. The van der Waals surface area contributed by atoms with E-state index in [9.17, 15) is 4.79 Å². The molecule has 3 N–H and O–H groups in total. The van der Waals surface area contributed by atoms with Crippen LogP contribution in [0.4, 0.5) is 5.69 Å². The number of amides is 1. The first-order valence-electron chi connectivity index (χ1n) is 5.78. The molecule has 1 rings (SSSR count). The van der Waals surface area contributed by atoms with E-state index in [0.717, 1.165) is 0 Å². The second kappa shape index (κ2) is 6.12. The van der Waals surface area contributed by atoms with Crippen molar-refractivity contribution in [2.45, 2.75) is 13.8 Å². The number of nitrogens with two attached hydrogens (primary N) is 1. The predicted octanol–water partition coefficient (Wildman–Crippen LogP) is 2.28. The highest BCUT2D eigenvalue weighted by atomic mass is 35.5. The third kappa shape index (κ3) is 3.52. The summed E-state index contributed by atoms with van der Waals surface area (Å²) in [5.41, 5.74) is 5.40. The van der Waals surface area contributed by atoms with Gasteiger partial charge in [-0.05, 0) is 13.8 Å². The van der Waals surface area contributed by atoms with Gasteiger partial charge in [-0.15, -0.1) is 0 Å². The van der Waals surface area contributed by atoms with Crippen molar-refractivity contribution in [2.75, 3.05) is 26.1 Å². The fourth-order valence-corrected chi connectivity index (χ4v) is 1.57. The Kier molecular flexibility index (Phi) is 5.03. The highest BCUT2D eigenvalue weighted by molar-refractivity contribution is 6.32. The third-order valence-electron chi connectivity index (χ3n) is 2.85. The molecule has 6 heteroatoms. The van der Waals surface area contributed by atoms with Crippen molar-refractivity contribution < 1.29 is 14.3 Å². The highest BCUT2D eigenvalue weighted by Crippen LogP contribution is 2.36. The molecule has 0 bridgehead atoms. The number of halogens is 1. The van der Waals surface area contributed by atoms with E-state index in [1.54, 1.807) is 26.0 Å². The SMILES string of the molecule is COc1cc(NC(=O)C(C)(C)CN)c(OC)cc1Cl. The lowest BCUT2D eigenvalue weighted by atomic mass is 9.92. The van der Waals surface area contributed by atoms with Crippen molar-refractivity contribution in [1.29, 1.82) is 0 Å². The number of hydrogen-bond donors (Lipinski definition) is 2. The van der Waals surface area contributed by atoms with Gasteiger partial charge in [0, 0.05) is 18.7 Å². The Bertz CT molecular complexity index is 475. The minimum Gasteiger partial charge on any atom is -0.495 e. The molecule has 0 unspecified atom stereocenters. The maximum atomic E-state index is 12.1. The number of methoxy groups -OCH3 is 2. The highest BCUT2D eigenvalue weighted by Gasteiger charge is 2.27. The van der Waals surface area contributed by atoms with Gasteiger partial charge in [-0.1, -0.05) is 11.6 Å². The Balaban J connectivity index is 3.09. The second-order valence-electron chi connectivity index (χ2n) is 4.73. The van der Waals surface area contributed by atoms with E-state index in [4.69, 9.17) is 26.8 Å². The van der Waals surface area contributed by atoms with E-state index in [0.29, 0.717) is 22.2 Å². The van der Waals surface area contributed by atoms with Crippen molar-refractivity contribution >= 4 is 23.2 Å². The van der Waals surface area contributed by atoms with Gasteiger partial charge in [-0.3, -0.25) is 4.79 Å². The van der Waals surface area contributed by atoms with Crippen LogP contribution >= 0.6 is 11.6 Å². The normalized spacial score (nSPS) is 11.1. The number of rotatable bonds is 5. The van der Waals surface area contributed by atoms with Crippen LogP contribution in [0.3, 0.4) is 0 Å². The molecule has 0 saturated heterocycles. The van der Waals surface area contributed by atoms with Crippen molar-refractivity contribution in [2.24, 2.45) is 11.1 Å². The molecular formula is C13H19ClN2O3. The summed E-state index contributed by atoms with van der Waals surface area (Å²) in [7, 11) is 3.00. The molecule has 0 aromatic heterocycles. The molecule has 106 valence electrons. The molecule has 1 amide bonds. The lowest BCUT2D eigenvalue weighted by Crippen LogP contribution is -2.37. The van der Waals surface area contributed by atoms with Crippen LogP contribution in [-0.4, -0.2) is 26.7 Å². The van der Waals surface area contributed by atoms with Crippen molar-refractivity contribution in [1.82, 2.24) is 0 Å². The third-order valence-corrected chi connectivity index (χ3v) is 3.14. The van der Waals surface area contributed by atoms with Gasteiger partial charge < -0.3 is 20.5 Å². The molecule has 0 heterocycles. The van der Waals surface area contributed by atoms with E-state index >= 15 is 0 Å². The molecule has 0 spiro atoms. The van der Waals surface area contributed by atoms with Gasteiger partial charge in [0.15, 0.2) is 0 Å². The molecule has 0 aliphatic rings. The van der Waals surface area contributed by atoms with E-state index in [1.807, 2.05) is 0 Å². The summed E-state index contributed by atoms with van der Waals surface area (Å²) in [5.74, 6) is 0.730. The molecule has 0 aliphatic carbocycles. The number of nitrogens with one attached hydrogen (secondary N) is 1. The monoisotopic (exact) mass is 286 g/mol. The summed E-state index contributed by atoms with van der Waals surface area (Å²) in [5, 5.41) is 3.18. The number of carbonyl (C=O) groups is 1. The Labute approximate surface area is 118 Å². The van der Waals surface area contributed by atoms with E-state index < -0.39 is 5.41 Å². The van der Waals surface area contributed by atoms with Gasteiger partial charge >= 0.3 is 0 Å². The van der Waals surface area contributed by atoms with Crippen LogP contribution in [0.25, 0.3) is 0 Å². The lowest BCUT2D eigenvalue weighted by molar-refractivity contribution is -0.123. The maximum Gasteiger partial charge on any atom is 0.231 e. The molecule has 0 saturated carbocycles. The number of carbonyl (C=O) groups excluding carboxylic acids is 1. The van der Waals surface area contributed by atoms with Crippen LogP contribution in [0, 0.1) is 5.41 Å². The number of ether oxygens (including phenoxy) is 2. The fraction of sp³-hybridized carbons (Fsp3) is 0.462. The molecule has 0 atom stereocenters. The average molecular weight is 287 g/mol. The maximum absolute atomic E-state index is 12.1. The molecule has 0 radical (unpaired) electrons. The van der Waals surface area contributed by atoms with Crippen molar-refractivity contribution in [3.63, 3.8) is 0 Å². The number of hydrogen-bond acceptors (Lipinski definition) is 4. The van der Waals surface area contributed by atoms with Crippen LogP contribution in [0.1, 0.15) is 13.8 Å². The average Bonchev–Trinajstić information content (AvgIpc) is 2.39. The first kappa shape index (κ1) is 15.6. The van der Waals surface area contributed by atoms with Gasteiger partial charge in [-0.2, -0.15) is 0 Å². The van der Waals surface area contributed by atoms with E-state index in [-0.39, 0.29) is 12.5 Å². The molecule has 1 aromatic rings. The Morgan fingerprint density at radius 3 is 2.37 bits per heavy atom. The summed E-state index contributed by atoms with van der Waals surface area (Å²) < 4.78 is 10.3. The lowest BCUT2D eigenvalue weighted by Gasteiger charge is -2.22. The molecular weight excluding hydrogens is 268 g/mol. The van der Waals surface area contributed by atoms with Crippen LogP contribution in [0.15, 0.2) is 12.1 Å². The molecule has 1 aromatic carbocycles. The molecule has 0 fully saturated rings. The zero-order valence-electron chi connectivity index (χ0n) is 11.5. The van der Waals surface area contributed by atoms with E-state index in [1.165, 1.54) is 14.2 Å². The van der Waals surface area contributed by atoms with Crippen LogP contribution < -0.4 is 20.5 Å². The standard InChI is InChI=1S/C13H19ClN2O3/c1-13(2,7-15)12(17)16-9-6-10(18-3)8(14)5-11(9)19-4/h5-6H,7,15H2,1-4H3,(H,16,17). The first-order chi connectivity index (χ1) is 8.85. The Morgan fingerprint density at radius 1 is 1.32 bits per heavy atom. The van der Waals surface area contributed by atoms with Crippen molar-refractivity contribution in [3.8, 4) is 11.5 Å². The summed E-state index contributed by atoms with van der Waals surface area (Å²) in [6.45, 7) is 3.77. The Hall–Kier alpha value is -1.46.